The minimum absolute atomic E-state index is 0. The zero-order valence-corrected chi connectivity index (χ0v) is 27.6. The molecule has 5 amide bonds. The molecule has 1 radical (unpaired) electrons. The van der Waals surface area contributed by atoms with Crippen molar-refractivity contribution in [3.05, 3.63) is 0 Å². The molecule has 0 heterocycles. The molecule has 20 heteroatoms. The summed E-state index contributed by atoms with van der Waals surface area (Å²) in [6.07, 6.45) is -4.41. The summed E-state index contributed by atoms with van der Waals surface area (Å²) in [7, 11) is 0. The van der Waals surface area contributed by atoms with Crippen LogP contribution < -0.4 is 41.9 Å². The number of hydrogen-bond donors (Lipinski definition) is 3. The largest absolute Gasteiger partial charge is 3.00 e. The minimum atomic E-state index is -1.76. The molecule has 2 unspecified atom stereocenters. The number of carbonyl (C=O) groups is 8. The fourth-order valence-corrected chi connectivity index (χ4v) is 4.05. The van der Waals surface area contributed by atoms with Crippen molar-refractivity contribution in [1.29, 1.82) is 0 Å². The van der Waals surface area contributed by atoms with Crippen LogP contribution in [0.2, 0.25) is 0 Å². The first-order valence-corrected chi connectivity index (χ1v) is 14.2. The third kappa shape index (κ3) is 20.6. The molecule has 19 nitrogen and oxygen atoms in total. The van der Waals surface area contributed by atoms with E-state index in [-0.39, 0.29) is 78.1 Å². The van der Waals surface area contributed by atoms with E-state index >= 15 is 0 Å². The maximum absolute atomic E-state index is 12.4. The van der Waals surface area contributed by atoms with Crippen LogP contribution in [0.4, 0.5) is 9.59 Å². The number of carboxylic acids is 3. The number of primary amides is 1. The van der Waals surface area contributed by atoms with Gasteiger partial charge in [0.2, 0.25) is 17.7 Å². The smallest absolute Gasteiger partial charge is 0.550 e. The minimum Gasteiger partial charge on any atom is -0.550 e. The maximum atomic E-state index is 12.4. The fourth-order valence-electron chi connectivity index (χ4n) is 4.05. The molecule has 0 aromatic rings. The summed E-state index contributed by atoms with van der Waals surface area (Å²) >= 11 is 0. The molecule has 0 aromatic heterocycles. The molecular formula is C26H39GdN6O13-2. The Labute approximate surface area is 297 Å². The van der Waals surface area contributed by atoms with Gasteiger partial charge in [-0.05, 0) is 25.7 Å². The monoisotopic (exact) mass is 801 g/mol. The SMILES string of the molecule is CCC(=O)NC(CCCCNC(=O)CCC(C(=O)[O-])N(CCN(CCC(=O)[O-])C(=O)[O-])CCN(CCC(=O)[O-])C(=O)[O-])C(N)=O.[Gd+3]. The summed E-state index contributed by atoms with van der Waals surface area (Å²) in [6, 6.07) is -2.42. The summed E-state index contributed by atoms with van der Waals surface area (Å²) < 4.78 is 0. The normalized spacial score (nSPS) is 11.8. The Hall–Kier alpha value is -3.36. The molecule has 0 aliphatic carbocycles. The van der Waals surface area contributed by atoms with Gasteiger partial charge in [-0.2, -0.15) is 0 Å². The van der Waals surface area contributed by atoms with E-state index < -0.39 is 106 Å². The molecule has 0 fully saturated rings. The van der Waals surface area contributed by atoms with Crippen molar-refractivity contribution in [3.63, 3.8) is 0 Å². The van der Waals surface area contributed by atoms with E-state index in [0.717, 1.165) is 4.90 Å². The first-order chi connectivity index (χ1) is 21.1. The van der Waals surface area contributed by atoms with Gasteiger partial charge < -0.3 is 75.7 Å². The standard InChI is InChI=1S/C26H44N6O13.Gd/c1-2-19(33)29-17(23(27)39)5-3-4-10-28-20(34)7-6-18(24(40)41)30(13-15-31(25(42)43)11-8-21(35)36)14-16-32(26(44)45)12-9-22(37)38;/h17-18H,2-16H2,1H3,(H2,27,39)(H,28,34)(H,29,33)(H,35,36)(H,37,38)(H,40,41)(H,42,43)(H,44,45);/q;+3/p-5. The molecule has 0 saturated heterocycles. The van der Waals surface area contributed by atoms with Crippen molar-refractivity contribution in [3.8, 4) is 0 Å². The molecule has 4 N–H and O–H groups in total. The molecule has 46 heavy (non-hydrogen) atoms. The molecule has 0 aromatic carbocycles. The van der Waals surface area contributed by atoms with E-state index in [9.17, 15) is 63.9 Å². The number of aliphatic carboxylic acids is 3. The van der Waals surface area contributed by atoms with Crippen LogP contribution in [0.1, 0.15) is 58.3 Å². The number of carbonyl (C=O) groups excluding carboxylic acids is 8. The van der Waals surface area contributed by atoms with Crippen LogP contribution >= 0.6 is 0 Å². The van der Waals surface area contributed by atoms with Gasteiger partial charge in [0.25, 0.3) is 0 Å². The summed E-state index contributed by atoms with van der Waals surface area (Å²) in [5, 5.41) is 61.5. The van der Waals surface area contributed by atoms with Gasteiger partial charge in [-0.3, -0.25) is 19.3 Å². The van der Waals surface area contributed by atoms with Crippen LogP contribution in [0.3, 0.4) is 0 Å². The van der Waals surface area contributed by atoms with Gasteiger partial charge in [-0.15, -0.1) is 0 Å². The number of rotatable bonds is 25. The first kappa shape index (κ1) is 44.8. The maximum Gasteiger partial charge on any atom is 3.00 e. The van der Waals surface area contributed by atoms with Crippen LogP contribution in [0.15, 0.2) is 0 Å². The Morgan fingerprint density at radius 3 is 1.57 bits per heavy atom. The number of nitrogens with one attached hydrogen (secondary N) is 2. The number of hydrogen-bond acceptors (Lipinski definition) is 14. The fraction of sp³-hybridized carbons (Fsp3) is 0.692. The summed E-state index contributed by atoms with van der Waals surface area (Å²) in [6.45, 7) is -1.06. The third-order valence-electron chi connectivity index (χ3n) is 6.60. The van der Waals surface area contributed by atoms with Crippen molar-refractivity contribution < 1.29 is 104 Å². The zero-order chi connectivity index (χ0) is 34.5. The first-order valence-electron chi connectivity index (χ1n) is 14.2. The Kier molecular flexibility index (Phi) is 24.2. The molecule has 0 bridgehead atoms. The predicted molar refractivity (Wildman–Crippen MR) is 141 cm³/mol. The molecule has 261 valence electrons. The van der Waals surface area contributed by atoms with Gasteiger partial charge in [-0.1, -0.05) is 6.92 Å². The quantitative estimate of drug-likeness (QED) is 0.0723. The Morgan fingerprint density at radius 2 is 1.17 bits per heavy atom. The topological polar surface area (TPSA) is 312 Å². The van der Waals surface area contributed by atoms with Crippen LogP contribution in [-0.4, -0.2) is 120 Å². The second-order valence-corrected chi connectivity index (χ2v) is 9.88. The number of nitrogens with two attached hydrogens (primary N) is 1. The van der Waals surface area contributed by atoms with E-state index in [1.807, 2.05) is 0 Å². The summed E-state index contributed by atoms with van der Waals surface area (Å²) in [5.41, 5.74) is 5.28. The van der Waals surface area contributed by atoms with Gasteiger partial charge in [0.05, 0.1) is 5.97 Å². The van der Waals surface area contributed by atoms with Gasteiger partial charge >= 0.3 is 39.9 Å². The second-order valence-electron chi connectivity index (χ2n) is 9.88. The molecular weight excluding hydrogens is 762 g/mol. The van der Waals surface area contributed by atoms with Crippen LogP contribution in [0.5, 0.6) is 0 Å². The van der Waals surface area contributed by atoms with E-state index in [1.165, 1.54) is 0 Å². The van der Waals surface area contributed by atoms with Gasteiger partial charge in [-0.25, -0.2) is 0 Å². The molecule has 0 rings (SSSR count). The second kappa shape index (κ2) is 24.8. The van der Waals surface area contributed by atoms with E-state index in [1.54, 1.807) is 6.92 Å². The van der Waals surface area contributed by atoms with Crippen molar-refractivity contribution in [2.24, 2.45) is 5.73 Å². The average Bonchev–Trinajstić information content (AvgIpc) is 2.94. The van der Waals surface area contributed by atoms with E-state index in [2.05, 4.69) is 10.6 Å². The summed E-state index contributed by atoms with van der Waals surface area (Å²) in [4.78, 5) is 94.1. The van der Waals surface area contributed by atoms with Gasteiger partial charge in [0.1, 0.15) is 18.2 Å². The van der Waals surface area contributed by atoms with Crippen LogP contribution in [-0.2, 0) is 28.8 Å². The average molecular weight is 801 g/mol. The predicted octanol–water partition coefficient (Wildman–Crippen LogP) is -7.58. The summed E-state index contributed by atoms with van der Waals surface area (Å²) in [5.74, 6) is -6.41. The van der Waals surface area contributed by atoms with Crippen molar-refractivity contribution >= 4 is 47.8 Å². The molecule has 0 aliphatic heterocycles. The number of nitrogens with zero attached hydrogens (tertiary/aromatic N) is 3. The molecule has 0 saturated carbocycles. The van der Waals surface area contributed by atoms with E-state index in [4.69, 9.17) is 5.73 Å². The Balaban J connectivity index is 0. The third-order valence-corrected chi connectivity index (χ3v) is 6.60. The Morgan fingerprint density at radius 1 is 0.674 bits per heavy atom. The molecule has 0 spiro atoms. The van der Waals surface area contributed by atoms with Crippen LogP contribution in [0, 0.1) is 39.9 Å². The number of carboxylic acid groups (broad SMARTS) is 5. The van der Waals surface area contributed by atoms with Gasteiger partial charge in [0.15, 0.2) is 0 Å². The van der Waals surface area contributed by atoms with Crippen molar-refractivity contribution in [2.75, 3.05) is 45.8 Å². The van der Waals surface area contributed by atoms with Crippen molar-refractivity contribution in [1.82, 2.24) is 25.3 Å². The van der Waals surface area contributed by atoms with Crippen molar-refractivity contribution in [2.45, 2.75) is 70.4 Å². The van der Waals surface area contributed by atoms with E-state index in [0.29, 0.717) is 22.6 Å². The molecule has 2 atom stereocenters. The zero-order valence-electron chi connectivity index (χ0n) is 25.3. The van der Waals surface area contributed by atoms with Crippen LogP contribution in [0.25, 0.3) is 0 Å². The molecule has 0 aliphatic rings. The number of unbranched alkanes of at least 4 members (excludes halogenated alkanes) is 1. The van der Waals surface area contributed by atoms with Gasteiger partial charge in [0, 0.05) is 89.5 Å². The number of amides is 5. The Bertz CT molecular complexity index is 1010.